The summed E-state index contributed by atoms with van der Waals surface area (Å²) in [6.07, 6.45) is 1.64. The summed E-state index contributed by atoms with van der Waals surface area (Å²) in [5, 5.41) is 0. The van der Waals surface area contributed by atoms with Gasteiger partial charge in [-0.05, 0) is 50.1 Å². The van der Waals surface area contributed by atoms with E-state index in [1.165, 1.54) is 13.0 Å². The maximum absolute atomic E-state index is 14.5. The van der Waals surface area contributed by atoms with Crippen LogP contribution in [0.15, 0.2) is 48.5 Å². The van der Waals surface area contributed by atoms with Gasteiger partial charge in [-0.15, -0.1) is 0 Å². The molecule has 0 aromatic heterocycles. The molecular formula is C27H32FN3O4. The minimum Gasteiger partial charge on any atom is -0.493 e. The highest BCUT2D eigenvalue weighted by Crippen LogP contribution is 2.25. The van der Waals surface area contributed by atoms with Crippen LogP contribution in [-0.4, -0.2) is 73.3 Å². The third kappa shape index (κ3) is 6.18. The summed E-state index contributed by atoms with van der Waals surface area (Å²) in [5.74, 6) is 0.260. The number of benzene rings is 2. The molecule has 0 aliphatic carbocycles. The fourth-order valence-electron chi connectivity index (χ4n) is 4.72. The Morgan fingerprint density at radius 2 is 1.60 bits per heavy atom. The molecular weight excluding hydrogens is 449 g/mol. The van der Waals surface area contributed by atoms with E-state index in [9.17, 15) is 18.8 Å². The van der Waals surface area contributed by atoms with Crippen LogP contribution in [0, 0.1) is 11.7 Å². The van der Waals surface area contributed by atoms with Crippen LogP contribution in [0.25, 0.3) is 0 Å². The molecule has 0 bridgehead atoms. The largest absolute Gasteiger partial charge is 0.493 e. The minimum atomic E-state index is -0.413. The zero-order valence-electron chi connectivity index (χ0n) is 20.1. The van der Waals surface area contributed by atoms with Crippen LogP contribution in [0.3, 0.4) is 0 Å². The van der Waals surface area contributed by atoms with E-state index in [2.05, 4.69) is 0 Å². The van der Waals surface area contributed by atoms with Crippen molar-refractivity contribution in [2.24, 2.45) is 5.92 Å². The molecule has 35 heavy (non-hydrogen) atoms. The fourth-order valence-corrected chi connectivity index (χ4v) is 4.72. The van der Waals surface area contributed by atoms with Gasteiger partial charge >= 0.3 is 0 Å². The fraction of sp³-hybridized carbons (Fsp3) is 0.444. The van der Waals surface area contributed by atoms with Gasteiger partial charge in [-0.2, -0.15) is 0 Å². The van der Waals surface area contributed by atoms with Gasteiger partial charge in [0, 0.05) is 50.7 Å². The zero-order chi connectivity index (χ0) is 24.8. The third-order valence-corrected chi connectivity index (χ3v) is 6.81. The second-order valence-electron chi connectivity index (χ2n) is 9.10. The van der Waals surface area contributed by atoms with Gasteiger partial charge in [0.1, 0.15) is 11.6 Å². The van der Waals surface area contributed by atoms with Gasteiger partial charge in [0.05, 0.1) is 18.7 Å². The average Bonchev–Trinajstić information content (AvgIpc) is 2.89. The average molecular weight is 482 g/mol. The molecule has 2 aromatic rings. The number of nitrogens with zero attached hydrogens (tertiary/aromatic N) is 3. The lowest BCUT2D eigenvalue weighted by atomic mass is 9.94. The predicted octanol–water partition coefficient (Wildman–Crippen LogP) is 3.38. The molecule has 7 nitrogen and oxygen atoms in total. The molecule has 0 atom stereocenters. The quantitative estimate of drug-likeness (QED) is 0.567. The SMILES string of the molecule is CC(=O)c1ccc(N2CCN(C(=O)C3CCN(C(=O)CCOc4ccccc4)CC3)CC2)c(F)c1. The molecule has 2 fully saturated rings. The lowest BCUT2D eigenvalue weighted by molar-refractivity contribution is -0.141. The maximum atomic E-state index is 14.5. The molecule has 186 valence electrons. The number of carbonyl (C=O) groups excluding carboxylic acids is 3. The first-order valence-electron chi connectivity index (χ1n) is 12.2. The Kier molecular flexibility index (Phi) is 8.00. The van der Waals surface area contributed by atoms with E-state index >= 15 is 0 Å². The first-order valence-corrected chi connectivity index (χ1v) is 12.2. The Balaban J connectivity index is 1.20. The highest BCUT2D eigenvalue weighted by molar-refractivity contribution is 5.94. The standard InChI is InChI=1S/C27H32FN3O4/c1-20(32)22-7-8-25(24(28)19-22)29-14-16-31(17-15-29)27(34)21-9-12-30(13-10-21)26(33)11-18-35-23-5-3-2-4-6-23/h2-8,19,21H,9-18H2,1H3. The number of ketones is 1. The van der Waals surface area contributed by atoms with Crippen molar-refractivity contribution in [3.05, 3.63) is 59.9 Å². The molecule has 0 unspecified atom stereocenters. The number of piperidine rings is 1. The number of amides is 2. The molecule has 0 saturated carbocycles. The molecule has 2 aliphatic rings. The van der Waals surface area contributed by atoms with Crippen LogP contribution in [0.2, 0.25) is 0 Å². The van der Waals surface area contributed by atoms with Crippen molar-refractivity contribution >= 4 is 23.3 Å². The number of hydrogen-bond donors (Lipinski definition) is 0. The Hall–Kier alpha value is -3.42. The van der Waals surface area contributed by atoms with Gasteiger partial charge in [-0.3, -0.25) is 14.4 Å². The highest BCUT2D eigenvalue weighted by atomic mass is 19.1. The first kappa shape index (κ1) is 24.7. The second-order valence-corrected chi connectivity index (χ2v) is 9.10. The van der Waals surface area contributed by atoms with Gasteiger partial charge in [0.15, 0.2) is 5.78 Å². The third-order valence-electron chi connectivity index (χ3n) is 6.81. The zero-order valence-corrected chi connectivity index (χ0v) is 20.1. The van der Waals surface area contributed by atoms with Crippen LogP contribution < -0.4 is 9.64 Å². The van der Waals surface area contributed by atoms with Crippen molar-refractivity contribution in [1.29, 1.82) is 0 Å². The molecule has 0 N–H and O–H groups in total. The maximum Gasteiger partial charge on any atom is 0.225 e. The van der Waals surface area contributed by atoms with Crippen LogP contribution in [0.5, 0.6) is 5.75 Å². The van der Waals surface area contributed by atoms with E-state index in [1.807, 2.05) is 45.0 Å². The Labute approximate surface area is 205 Å². The molecule has 0 radical (unpaired) electrons. The number of halogens is 1. The first-order chi connectivity index (χ1) is 16.9. The van der Waals surface area contributed by atoms with E-state index < -0.39 is 5.82 Å². The van der Waals surface area contributed by atoms with E-state index in [0.717, 1.165) is 5.75 Å². The van der Waals surface area contributed by atoms with Gasteiger partial charge in [0.25, 0.3) is 0 Å². The number of hydrogen-bond acceptors (Lipinski definition) is 5. The van der Waals surface area contributed by atoms with E-state index in [0.29, 0.717) is 76.4 Å². The van der Waals surface area contributed by atoms with E-state index in [1.54, 1.807) is 12.1 Å². The number of likely N-dealkylation sites (tertiary alicyclic amines) is 1. The Bertz CT molecular complexity index is 1050. The van der Waals surface area contributed by atoms with E-state index in [-0.39, 0.29) is 23.5 Å². The van der Waals surface area contributed by atoms with Crippen molar-refractivity contribution < 1.29 is 23.5 Å². The van der Waals surface area contributed by atoms with Gasteiger partial charge in [-0.1, -0.05) is 18.2 Å². The van der Waals surface area contributed by atoms with Crippen LogP contribution in [-0.2, 0) is 9.59 Å². The molecule has 2 aromatic carbocycles. The summed E-state index contributed by atoms with van der Waals surface area (Å²) in [4.78, 5) is 42.6. The lowest BCUT2D eigenvalue weighted by Gasteiger charge is -2.39. The second kappa shape index (κ2) is 11.3. The molecule has 0 spiro atoms. The molecule has 2 aliphatic heterocycles. The molecule has 2 heterocycles. The molecule has 2 saturated heterocycles. The van der Waals surface area contributed by atoms with Crippen molar-refractivity contribution in [1.82, 2.24) is 9.80 Å². The van der Waals surface area contributed by atoms with Gasteiger partial charge in [0.2, 0.25) is 11.8 Å². The van der Waals surface area contributed by atoms with Gasteiger partial charge in [-0.25, -0.2) is 4.39 Å². The molecule has 2 amide bonds. The highest BCUT2D eigenvalue weighted by Gasteiger charge is 2.32. The number of Topliss-reactive ketones (excluding diaryl/α,β-unsaturated/α-hetero) is 1. The number of anilines is 1. The summed E-state index contributed by atoms with van der Waals surface area (Å²) in [6, 6.07) is 14.0. The Morgan fingerprint density at radius 1 is 0.914 bits per heavy atom. The number of para-hydroxylation sites is 1. The van der Waals surface area contributed by atoms with Crippen molar-refractivity contribution in [2.45, 2.75) is 26.2 Å². The molecule has 4 rings (SSSR count). The summed E-state index contributed by atoms with van der Waals surface area (Å²) >= 11 is 0. The van der Waals surface area contributed by atoms with E-state index in [4.69, 9.17) is 4.74 Å². The topological polar surface area (TPSA) is 70.2 Å². The smallest absolute Gasteiger partial charge is 0.225 e. The summed E-state index contributed by atoms with van der Waals surface area (Å²) in [6.45, 7) is 5.05. The van der Waals surface area contributed by atoms with Crippen molar-refractivity contribution in [3.63, 3.8) is 0 Å². The van der Waals surface area contributed by atoms with Gasteiger partial charge < -0.3 is 19.4 Å². The monoisotopic (exact) mass is 481 g/mol. The molecule has 8 heteroatoms. The van der Waals surface area contributed by atoms with Crippen molar-refractivity contribution in [2.75, 3.05) is 50.8 Å². The summed E-state index contributed by atoms with van der Waals surface area (Å²) in [7, 11) is 0. The minimum absolute atomic E-state index is 0.0539. The normalized spacial score (nSPS) is 16.8. The van der Waals surface area contributed by atoms with Crippen LogP contribution in [0.1, 0.15) is 36.5 Å². The number of carbonyl (C=O) groups is 3. The number of piperazine rings is 1. The number of rotatable bonds is 7. The van der Waals surface area contributed by atoms with Crippen LogP contribution >= 0.6 is 0 Å². The summed E-state index contributed by atoms with van der Waals surface area (Å²) in [5.41, 5.74) is 0.818. The summed E-state index contributed by atoms with van der Waals surface area (Å²) < 4.78 is 20.1. The predicted molar refractivity (Wildman–Crippen MR) is 131 cm³/mol. The number of ether oxygens (including phenoxy) is 1. The van der Waals surface area contributed by atoms with Crippen molar-refractivity contribution in [3.8, 4) is 5.75 Å². The lowest BCUT2D eigenvalue weighted by Crippen LogP contribution is -2.52. The van der Waals surface area contributed by atoms with Crippen LogP contribution in [0.4, 0.5) is 10.1 Å². The Morgan fingerprint density at radius 3 is 2.23 bits per heavy atom.